The van der Waals surface area contributed by atoms with Gasteiger partial charge in [-0.3, -0.25) is 4.79 Å². The van der Waals surface area contributed by atoms with Crippen LogP contribution >= 0.6 is 0 Å². The Morgan fingerprint density at radius 3 is 2.90 bits per heavy atom. The summed E-state index contributed by atoms with van der Waals surface area (Å²) >= 11 is 0. The predicted octanol–water partition coefficient (Wildman–Crippen LogP) is 2.14. The molecule has 2 unspecified atom stereocenters. The Balaban J connectivity index is 1.83. The predicted molar refractivity (Wildman–Crippen MR) is 77.7 cm³/mol. The fourth-order valence-corrected chi connectivity index (χ4v) is 3.61. The topological polar surface area (TPSA) is 52.6 Å². The SMILES string of the molecule is O=C(c1c(O)cccc1F)N1CCCC1C1CCCNC1. The van der Waals surface area contributed by atoms with E-state index in [1.165, 1.54) is 18.2 Å². The van der Waals surface area contributed by atoms with Gasteiger partial charge in [0.15, 0.2) is 0 Å². The highest BCUT2D eigenvalue weighted by atomic mass is 19.1. The number of amides is 1. The molecular weight excluding hydrogens is 271 g/mol. The van der Waals surface area contributed by atoms with Gasteiger partial charge in [-0.05, 0) is 56.8 Å². The van der Waals surface area contributed by atoms with Gasteiger partial charge < -0.3 is 15.3 Å². The Hall–Kier alpha value is -1.62. The monoisotopic (exact) mass is 292 g/mol. The third-order valence-corrected chi connectivity index (χ3v) is 4.64. The van der Waals surface area contributed by atoms with Crippen LogP contribution in [0.4, 0.5) is 4.39 Å². The number of hydrogen-bond donors (Lipinski definition) is 2. The standard InChI is InChI=1S/C16H21FN2O2/c17-12-5-1-7-14(20)15(12)16(21)19-9-3-6-13(19)11-4-2-8-18-10-11/h1,5,7,11,13,18,20H,2-4,6,8-10H2. The van der Waals surface area contributed by atoms with Crippen LogP contribution in [0.5, 0.6) is 5.75 Å². The quantitative estimate of drug-likeness (QED) is 0.878. The molecule has 2 fully saturated rings. The van der Waals surface area contributed by atoms with E-state index in [-0.39, 0.29) is 23.3 Å². The first-order valence-electron chi connectivity index (χ1n) is 7.67. The summed E-state index contributed by atoms with van der Waals surface area (Å²) in [5, 5.41) is 13.2. The summed E-state index contributed by atoms with van der Waals surface area (Å²) in [6.45, 7) is 2.59. The molecule has 0 saturated carbocycles. The van der Waals surface area contributed by atoms with Crippen LogP contribution in [0.1, 0.15) is 36.0 Å². The van der Waals surface area contributed by atoms with Gasteiger partial charge in [0.1, 0.15) is 17.1 Å². The van der Waals surface area contributed by atoms with Crippen molar-refractivity contribution in [1.82, 2.24) is 10.2 Å². The molecule has 2 atom stereocenters. The Morgan fingerprint density at radius 2 is 2.19 bits per heavy atom. The first-order valence-corrected chi connectivity index (χ1v) is 7.67. The number of nitrogens with zero attached hydrogens (tertiary/aromatic N) is 1. The molecule has 2 aliphatic rings. The van der Waals surface area contributed by atoms with Crippen molar-refractivity contribution < 1.29 is 14.3 Å². The van der Waals surface area contributed by atoms with Crippen LogP contribution in [0.25, 0.3) is 0 Å². The number of likely N-dealkylation sites (tertiary alicyclic amines) is 1. The van der Waals surface area contributed by atoms with E-state index in [2.05, 4.69) is 5.32 Å². The molecule has 2 aliphatic heterocycles. The number of nitrogens with one attached hydrogen (secondary N) is 1. The van der Waals surface area contributed by atoms with E-state index in [1.54, 1.807) is 4.90 Å². The highest BCUT2D eigenvalue weighted by molar-refractivity contribution is 5.97. The number of phenolic OH excluding ortho intramolecular Hbond substituents is 1. The first-order chi connectivity index (χ1) is 10.2. The largest absolute Gasteiger partial charge is 0.507 e. The second-order valence-corrected chi connectivity index (χ2v) is 5.95. The summed E-state index contributed by atoms with van der Waals surface area (Å²) in [6.07, 6.45) is 4.13. The summed E-state index contributed by atoms with van der Waals surface area (Å²) in [6, 6.07) is 4.15. The lowest BCUT2D eigenvalue weighted by molar-refractivity contribution is 0.0662. The van der Waals surface area contributed by atoms with Gasteiger partial charge in [0, 0.05) is 12.6 Å². The summed E-state index contributed by atoms with van der Waals surface area (Å²) in [5.41, 5.74) is -0.187. The molecule has 0 bridgehead atoms. The fraction of sp³-hybridized carbons (Fsp3) is 0.562. The molecule has 0 spiro atoms. The molecule has 0 aromatic heterocycles. The average molecular weight is 292 g/mol. The minimum absolute atomic E-state index is 0.157. The van der Waals surface area contributed by atoms with E-state index in [1.807, 2.05) is 0 Å². The molecular formula is C16H21FN2O2. The second kappa shape index (κ2) is 6.02. The van der Waals surface area contributed by atoms with Gasteiger partial charge in [0.2, 0.25) is 0 Å². The molecule has 1 amide bonds. The van der Waals surface area contributed by atoms with Crippen molar-refractivity contribution in [3.63, 3.8) is 0 Å². The summed E-state index contributed by atoms with van der Waals surface area (Å²) in [7, 11) is 0. The lowest BCUT2D eigenvalue weighted by Crippen LogP contribution is -2.45. The molecule has 2 saturated heterocycles. The molecule has 1 aromatic carbocycles. The Labute approximate surface area is 124 Å². The lowest BCUT2D eigenvalue weighted by atomic mass is 9.90. The van der Waals surface area contributed by atoms with Gasteiger partial charge in [-0.25, -0.2) is 4.39 Å². The first kappa shape index (κ1) is 14.3. The minimum Gasteiger partial charge on any atom is -0.507 e. The van der Waals surface area contributed by atoms with Crippen LogP contribution in [0.3, 0.4) is 0 Å². The van der Waals surface area contributed by atoms with Crippen molar-refractivity contribution in [2.45, 2.75) is 31.7 Å². The lowest BCUT2D eigenvalue weighted by Gasteiger charge is -2.34. The summed E-state index contributed by atoms with van der Waals surface area (Å²) in [5.74, 6) is -0.863. The Bertz CT molecular complexity index is 509. The maximum atomic E-state index is 13.9. The third-order valence-electron chi connectivity index (χ3n) is 4.64. The van der Waals surface area contributed by atoms with Gasteiger partial charge in [-0.1, -0.05) is 6.07 Å². The third kappa shape index (κ3) is 2.75. The molecule has 21 heavy (non-hydrogen) atoms. The highest BCUT2D eigenvalue weighted by Crippen LogP contribution is 2.31. The van der Waals surface area contributed by atoms with Gasteiger partial charge in [-0.2, -0.15) is 0 Å². The van der Waals surface area contributed by atoms with E-state index >= 15 is 0 Å². The second-order valence-electron chi connectivity index (χ2n) is 5.95. The molecule has 4 nitrogen and oxygen atoms in total. The maximum absolute atomic E-state index is 13.9. The number of aromatic hydroxyl groups is 1. The van der Waals surface area contributed by atoms with Crippen molar-refractivity contribution in [2.75, 3.05) is 19.6 Å². The maximum Gasteiger partial charge on any atom is 0.260 e. The number of benzene rings is 1. The van der Waals surface area contributed by atoms with E-state index in [4.69, 9.17) is 0 Å². The van der Waals surface area contributed by atoms with Crippen LogP contribution in [0, 0.1) is 11.7 Å². The summed E-state index contributed by atoms with van der Waals surface area (Å²) in [4.78, 5) is 14.4. The molecule has 5 heteroatoms. The molecule has 1 aromatic rings. The van der Waals surface area contributed by atoms with Crippen LogP contribution < -0.4 is 5.32 Å². The van der Waals surface area contributed by atoms with Gasteiger partial charge >= 0.3 is 0 Å². The zero-order chi connectivity index (χ0) is 14.8. The van der Waals surface area contributed by atoms with Gasteiger partial charge in [0.25, 0.3) is 5.91 Å². The number of rotatable bonds is 2. The van der Waals surface area contributed by atoms with Crippen molar-refractivity contribution in [3.05, 3.63) is 29.6 Å². The number of piperidine rings is 1. The Morgan fingerprint density at radius 1 is 1.33 bits per heavy atom. The van der Waals surface area contributed by atoms with Crippen molar-refractivity contribution >= 4 is 5.91 Å². The number of halogens is 1. The number of hydrogen-bond acceptors (Lipinski definition) is 3. The van der Waals surface area contributed by atoms with E-state index in [9.17, 15) is 14.3 Å². The average Bonchev–Trinajstić information content (AvgIpc) is 2.97. The molecule has 2 N–H and O–H groups in total. The molecule has 2 heterocycles. The summed E-state index contributed by atoms with van der Waals surface area (Å²) < 4.78 is 13.9. The van der Waals surface area contributed by atoms with Gasteiger partial charge in [-0.15, -0.1) is 0 Å². The number of carbonyl (C=O) groups excluding carboxylic acids is 1. The van der Waals surface area contributed by atoms with Crippen LogP contribution in [-0.4, -0.2) is 41.6 Å². The highest BCUT2D eigenvalue weighted by Gasteiger charge is 2.37. The van der Waals surface area contributed by atoms with E-state index in [0.717, 1.165) is 38.8 Å². The van der Waals surface area contributed by atoms with Crippen LogP contribution in [0.2, 0.25) is 0 Å². The molecule has 114 valence electrons. The van der Waals surface area contributed by atoms with E-state index in [0.29, 0.717) is 12.5 Å². The van der Waals surface area contributed by atoms with Gasteiger partial charge in [0.05, 0.1) is 0 Å². The normalized spacial score (nSPS) is 26.0. The minimum atomic E-state index is -0.646. The Kier molecular flexibility index (Phi) is 4.10. The number of carbonyl (C=O) groups is 1. The van der Waals surface area contributed by atoms with Crippen molar-refractivity contribution in [1.29, 1.82) is 0 Å². The molecule has 0 aliphatic carbocycles. The van der Waals surface area contributed by atoms with Crippen molar-refractivity contribution in [2.24, 2.45) is 5.92 Å². The number of phenols is 1. The van der Waals surface area contributed by atoms with Crippen molar-refractivity contribution in [3.8, 4) is 5.75 Å². The van der Waals surface area contributed by atoms with Crippen LogP contribution in [0.15, 0.2) is 18.2 Å². The zero-order valence-corrected chi connectivity index (χ0v) is 12.0. The molecule has 0 radical (unpaired) electrons. The fourth-order valence-electron chi connectivity index (χ4n) is 3.61. The molecule has 3 rings (SSSR count). The van der Waals surface area contributed by atoms with E-state index < -0.39 is 5.82 Å². The zero-order valence-electron chi connectivity index (χ0n) is 12.0. The smallest absolute Gasteiger partial charge is 0.260 e. The van der Waals surface area contributed by atoms with Crippen LogP contribution in [-0.2, 0) is 0 Å².